The van der Waals surface area contributed by atoms with E-state index >= 15 is 0 Å². The molecule has 19 heavy (non-hydrogen) atoms. The third-order valence-electron chi connectivity index (χ3n) is 2.74. The standard InChI is InChI=1S/C14H9Br2F3/c15-11-5-4-8(17)6-9(11)12(16)7-10-13(18)2-1-3-14(10)19/h1-6,12H,7H2. The van der Waals surface area contributed by atoms with Gasteiger partial charge in [0.2, 0.25) is 0 Å². The molecule has 1 unspecified atom stereocenters. The van der Waals surface area contributed by atoms with Gasteiger partial charge in [0.15, 0.2) is 0 Å². The van der Waals surface area contributed by atoms with Crippen molar-refractivity contribution >= 4 is 31.9 Å². The molecule has 0 radical (unpaired) electrons. The van der Waals surface area contributed by atoms with Crippen molar-refractivity contribution in [1.82, 2.24) is 0 Å². The van der Waals surface area contributed by atoms with Gasteiger partial charge in [0.05, 0.1) is 0 Å². The lowest BCUT2D eigenvalue weighted by Gasteiger charge is -2.13. The van der Waals surface area contributed by atoms with Gasteiger partial charge in [0.1, 0.15) is 17.5 Å². The predicted octanol–water partition coefficient (Wildman–Crippen LogP) is 5.55. The van der Waals surface area contributed by atoms with Crippen LogP contribution in [-0.2, 0) is 6.42 Å². The van der Waals surface area contributed by atoms with E-state index in [4.69, 9.17) is 0 Å². The van der Waals surface area contributed by atoms with Gasteiger partial charge in [-0.3, -0.25) is 0 Å². The van der Waals surface area contributed by atoms with Crippen LogP contribution in [0.4, 0.5) is 13.2 Å². The minimum atomic E-state index is -0.600. The largest absolute Gasteiger partial charge is 0.207 e. The highest BCUT2D eigenvalue weighted by Crippen LogP contribution is 2.34. The summed E-state index contributed by atoms with van der Waals surface area (Å²) < 4.78 is 41.0. The predicted molar refractivity (Wildman–Crippen MR) is 75.8 cm³/mol. The van der Waals surface area contributed by atoms with Gasteiger partial charge in [-0.15, -0.1) is 0 Å². The molecular weight excluding hydrogens is 385 g/mol. The average Bonchev–Trinajstić information content (AvgIpc) is 2.37. The van der Waals surface area contributed by atoms with E-state index in [2.05, 4.69) is 31.9 Å². The maximum atomic E-state index is 13.6. The van der Waals surface area contributed by atoms with E-state index in [1.165, 1.54) is 30.3 Å². The summed E-state index contributed by atoms with van der Waals surface area (Å²) in [4.78, 5) is -0.385. The number of alkyl halides is 1. The van der Waals surface area contributed by atoms with Crippen LogP contribution in [0.5, 0.6) is 0 Å². The van der Waals surface area contributed by atoms with Crippen molar-refractivity contribution in [1.29, 1.82) is 0 Å². The Morgan fingerprint density at radius 3 is 2.26 bits per heavy atom. The molecule has 2 aromatic carbocycles. The third kappa shape index (κ3) is 3.39. The minimum absolute atomic E-state index is 0.0134. The lowest BCUT2D eigenvalue weighted by atomic mass is 10.0. The summed E-state index contributed by atoms with van der Waals surface area (Å²) in [5, 5.41) is 0. The van der Waals surface area contributed by atoms with Crippen LogP contribution in [0.15, 0.2) is 40.9 Å². The molecule has 0 aromatic heterocycles. The molecule has 0 saturated heterocycles. The summed E-state index contributed by atoms with van der Waals surface area (Å²) in [5.41, 5.74) is 0.600. The topological polar surface area (TPSA) is 0 Å². The fourth-order valence-corrected chi connectivity index (χ4v) is 3.30. The molecule has 0 amide bonds. The van der Waals surface area contributed by atoms with Gasteiger partial charge in [-0.1, -0.05) is 37.9 Å². The van der Waals surface area contributed by atoms with Gasteiger partial charge >= 0.3 is 0 Å². The Kier molecular flexibility index (Phi) is 4.68. The van der Waals surface area contributed by atoms with E-state index in [0.29, 0.717) is 10.0 Å². The van der Waals surface area contributed by atoms with Crippen molar-refractivity contribution in [3.05, 3.63) is 69.4 Å². The second kappa shape index (κ2) is 6.09. The smallest absolute Gasteiger partial charge is 0.129 e. The monoisotopic (exact) mass is 392 g/mol. The molecule has 1 atom stereocenters. The van der Waals surface area contributed by atoms with Crippen molar-refractivity contribution < 1.29 is 13.2 Å². The fraction of sp³-hybridized carbons (Fsp3) is 0.143. The Morgan fingerprint density at radius 2 is 1.63 bits per heavy atom. The van der Waals surface area contributed by atoms with Crippen LogP contribution >= 0.6 is 31.9 Å². The molecule has 5 heteroatoms. The first-order valence-electron chi connectivity index (χ1n) is 5.51. The van der Waals surface area contributed by atoms with Crippen molar-refractivity contribution in [2.45, 2.75) is 11.2 Å². The number of hydrogen-bond donors (Lipinski definition) is 0. The van der Waals surface area contributed by atoms with Crippen LogP contribution in [0, 0.1) is 17.5 Å². The van der Waals surface area contributed by atoms with Crippen LogP contribution in [0.2, 0.25) is 0 Å². The lowest BCUT2D eigenvalue weighted by molar-refractivity contribution is 0.553. The first-order chi connectivity index (χ1) is 8.99. The Balaban J connectivity index is 2.31. The quantitative estimate of drug-likeness (QED) is 0.600. The van der Waals surface area contributed by atoms with Gasteiger partial charge in [-0.05, 0) is 42.3 Å². The summed E-state index contributed by atoms with van der Waals surface area (Å²) in [6, 6.07) is 7.95. The molecule has 2 rings (SSSR count). The molecule has 100 valence electrons. The molecule has 0 heterocycles. The third-order valence-corrected chi connectivity index (χ3v) is 4.28. The summed E-state index contributed by atoms with van der Waals surface area (Å²) >= 11 is 6.64. The van der Waals surface area contributed by atoms with E-state index in [1.807, 2.05) is 0 Å². The Morgan fingerprint density at radius 1 is 1.00 bits per heavy atom. The average molecular weight is 394 g/mol. The van der Waals surface area contributed by atoms with Crippen molar-refractivity contribution in [3.8, 4) is 0 Å². The maximum absolute atomic E-state index is 13.6. The Bertz CT molecular complexity index is 579. The van der Waals surface area contributed by atoms with Crippen LogP contribution in [-0.4, -0.2) is 0 Å². The summed E-state index contributed by atoms with van der Waals surface area (Å²) in [5.74, 6) is -1.59. The second-order valence-corrected chi connectivity index (χ2v) is 6.00. The molecule has 0 N–H and O–H groups in total. The van der Waals surface area contributed by atoms with E-state index in [1.54, 1.807) is 6.07 Å². The lowest BCUT2D eigenvalue weighted by Crippen LogP contribution is -2.02. The van der Waals surface area contributed by atoms with Crippen LogP contribution in [0.25, 0.3) is 0 Å². The minimum Gasteiger partial charge on any atom is -0.207 e. The highest BCUT2D eigenvalue weighted by Gasteiger charge is 2.17. The van der Waals surface area contributed by atoms with E-state index in [0.717, 1.165) is 0 Å². The molecule has 2 aromatic rings. The maximum Gasteiger partial charge on any atom is 0.129 e. The zero-order valence-corrected chi connectivity index (χ0v) is 12.8. The van der Waals surface area contributed by atoms with Crippen molar-refractivity contribution in [2.75, 3.05) is 0 Å². The number of hydrogen-bond acceptors (Lipinski definition) is 0. The molecule has 0 aliphatic carbocycles. The van der Waals surface area contributed by atoms with Gasteiger partial charge in [0, 0.05) is 14.9 Å². The molecule has 0 bridgehead atoms. The van der Waals surface area contributed by atoms with Gasteiger partial charge < -0.3 is 0 Å². The highest BCUT2D eigenvalue weighted by atomic mass is 79.9. The highest BCUT2D eigenvalue weighted by molar-refractivity contribution is 9.11. The zero-order valence-electron chi connectivity index (χ0n) is 9.64. The summed E-state index contributed by atoms with van der Waals surface area (Å²) in [6.07, 6.45) is 0.0978. The van der Waals surface area contributed by atoms with Crippen molar-refractivity contribution in [3.63, 3.8) is 0 Å². The van der Waals surface area contributed by atoms with Crippen LogP contribution < -0.4 is 0 Å². The van der Waals surface area contributed by atoms with Gasteiger partial charge in [0.25, 0.3) is 0 Å². The molecule has 0 nitrogen and oxygen atoms in total. The number of halogens is 5. The van der Waals surface area contributed by atoms with Crippen LogP contribution in [0.1, 0.15) is 16.0 Å². The molecule has 0 spiro atoms. The summed E-state index contributed by atoms with van der Waals surface area (Å²) in [7, 11) is 0. The molecule has 0 aliphatic heterocycles. The summed E-state index contributed by atoms with van der Waals surface area (Å²) in [6.45, 7) is 0. The van der Waals surface area contributed by atoms with E-state index < -0.39 is 17.5 Å². The van der Waals surface area contributed by atoms with Crippen molar-refractivity contribution in [2.24, 2.45) is 0 Å². The number of benzene rings is 2. The van der Waals surface area contributed by atoms with Gasteiger partial charge in [-0.2, -0.15) is 0 Å². The first kappa shape index (κ1) is 14.6. The van der Waals surface area contributed by atoms with Crippen LogP contribution in [0.3, 0.4) is 0 Å². The normalized spacial score (nSPS) is 12.5. The second-order valence-electron chi connectivity index (χ2n) is 4.04. The Hall–Kier alpha value is -0.810. The SMILES string of the molecule is Fc1ccc(Br)c(C(Br)Cc2c(F)cccc2F)c1. The number of rotatable bonds is 3. The molecule has 0 aliphatic rings. The zero-order chi connectivity index (χ0) is 14.0. The molecule has 0 fully saturated rings. The fourth-order valence-electron chi connectivity index (χ4n) is 1.77. The van der Waals surface area contributed by atoms with E-state index in [9.17, 15) is 13.2 Å². The van der Waals surface area contributed by atoms with E-state index in [-0.39, 0.29) is 16.8 Å². The first-order valence-corrected chi connectivity index (χ1v) is 7.22. The van der Waals surface area contributed by atoms with Gasteiger partial charge in [-0.25, -0.2) is 13.2 Å². The molecule has 0 saturated carbocycles. The Labute approximate surface area is 125 Å². The molecular formula is C14H9Br2F3.